The highest BCUT2D eigenvalue weighted by Gasteiger charge is 2.37. The van der Waals surface area contributed by atoms with Gasteiger partial charge in [0.15, 0.2) is 6.61 Å². The number of rotatable bonds is 6. The Hall–Kier alpha value is -3.68. The van der Waals surface area contributed by atoms with E-state index >= 15 is 0 Å². The molecule has 8 nitrogen and oxygen atoms in total. The summed E-state index contributed by atoms with van der Waals surface area (Å²) in [7, 11) is 0. The summed E-state index contributed by atoms with van der Waals surface area (Å²) in [6.45, 7) is 6.00. The number of carbonyl (C=O) groups is 4. The monoisotopic (exact) mass is 464 g/mol. The van der Waals surface area contributed by atoms with Crippen molar-refractivity contribution >= 4 is 29.4 Å². The number of hydrogen-bond donors (Lipinski definition) is 0. The summed E-state index contributed by atoms with van der Waals surface area (Å²) in [5.41, 5.74) is 0.857. The van der Waals surface area contributed by atoms with E-state index in [0.717, 1.165) is 24.2 Å². The van der Waals surface area contributed by atoms with Gasteiger partial charge in [0.2, 0.25) is 0 Å². The number of imide groups is 1. The first-order valence-corrected chi connectivity index (χ1v) is 11.6. The molecule has 178 valence electrons. The van der Waals surface area contributed by atoms with E-state index in [2.05, 4.69) is 0 Å². The molecule has 0 aliphatic carbocycles. The number of likely N-dealkylation sites (tertiary alicyclic amines) is 1. The molecule has 2 aliphatic rings. The smallest absolute Gasteiger partial charge is 0.338 e. The Morgan fingerprint density at radius 3 is 2.24 bits per heavy atom. The van der Waals surface area contributed by atoms with Gasteiger partial charge in [-0.1, -0.05) is 0 Å². The van der Waals surface area contributed by atoms with Crippen LogP contribution in [0.4, 0.5) is 5.69 Å². The van der Waals surface area contributed by atoms with Crippen LogP contribution in [0.2, 0.25) is 0 Å². The molecule has 2 aliphatic heterocycles. The molecule has 3 amide bonds. The standard InChI is InChI=1S/C26H28N2O6/c1-4-33-20-11-9-19(10-12-20)28-24(30)21-13-8-18(14-22(21)25(28)31)26(32)34-15-23(29)27-16(2)6-5-7-17(27)3/h8-14,16-17H,4-7,15H2,1-3H3/t16-,17-/m0/s1. The number of hydrogen-bond acceptors (Lipinski definition) is 6. The molecule has 1 fully saturated rings. The Balaban J connectivity index is 1.46. The van der Waals surface area contributed by atoms with E-state index < -0.39 is 17.8 Å². The maximum absolute atomic E-state index is 13.0. The van der Waals surface area contributed by atoms with Crippen LogP contribution in [0.25, 0.3) is 0 Å². The maximum Gasteiger partial charge on any atom is 0.338 e. The van der Waals surface area contributed by atoms with Crippen molar-refractivity contribution in [2.24, 2.45) is 0 Å². The minimum atomic E-state index is -0.715. The predicted molar refractivity (Wildman–Crippen MR) is 125 cm³/mol. The van der Waals surface area contributed by atoms with Crippen LogP contribution in [-0.4, -0.2) is 53.9 Å². The van der Waals surface area contributed by atoms with Gasteiger partial charge in [0.25, 0.3) is 17.7 Å². The third-order valence-corrected chi connectivity index (χ3v) is 6.34. The number of amides is 3. The first-order chi connectivity index (χ1) is 16.3. The van der Waals surface area contributed by atoms with E-state index in [9.17, 15) is 19.2 Å². The van der Waals surface area contributed by atoms with Crippen LogP contribution in [-0.2, 0) is 9.53 Å². The lowest BCUT2D eigenvalue weighted by Crippen LogP contribution is -2.49. The van der Waals surface area contributed by atoms with Crippen molar-refractivity contribution in [3.8, 4) is 5.75 Å². The van der Waals surface area contributed by atoms with E-state index in [4.69, 9.17) is 9.47 Å². The summed E-state index contributed by atoms with van der Waals surface area (Å²) in [6.07, 6.45) is 2.92. The molecule has 2 aromatic rings. The van der Waals surface area contributed by atoms with Gasteiger partial charge in [-0.15, -0.1) is 0 Å². The van der Waals surface area contributed by atoms with Crippen LogP contribution in [0, 0.1) is 0 Å². The average molecular weight is 465 g/mol. The number of nitrogens with zero attached hydrogens (tertiary/aromatic N) is 2. The van der Waals surface area contributed by atoms with Gasteiger partial charge in [0, 0.05) is 12.1 Å². The number of anilines is 1. The highest BCUT2D eigenvalue weighted by molar-refractivity contribution is 6.34. The topological polar surface area (TPSA) is 93.2 Å². The van der Waals surface area contributed by atoms with E-state index in [1.807, 2.05) is 20.8 Å². The third-order valence-electron chi connectivity index (χ3n) is 6.34. The number of fused-ring (bicyclic) bond motifs is 1. The second kappa shape index (κ2) is 9.67. The van der Waals surface area contributed by atoms with Crippen molar-refractivity contribution in [1.29, 1.82) is 0 Å². The molecule has 8 heteroatoms. The largest absolute Gasteiger partial charge is 0.494 e. The summed E-state index contributed by atoms with van der Waals surface area (Å²) in [4.78, 5) is 54.0. The van der Waals surface area contributed by atoms with Crippen LogP contribution in [0.1, 0.15) is 71.1 Å². The Bertz CT molecular complexity index is 1120. The van der Waals surface area contributed by atoms with E-state index in [1.54, 1.807) is 29.2 Å². The Morgan fingerprint density at radius 2 is 1.59 bits per heavy atom. The van der Waals surface area contributed by atoms with Gasteiger partial charge < -0.3 is 14.4 Å². The quantitative estimate of drug-likeness (QED) is 0.477. The fraction of sp³-hybridized carbons (Fsp3) is 0.385. The lowest BCUT2D eigenvalue weighted by atomic mass is 9.97. The SMILES string of the molecule is CCOc1ccc(N2C(=O)c3ccc(C(=O)OCC(=O)N4[C@@H](C)CCC[C@@H]4C)cc3C2=O)cc1. The maximum atomic E-state index is 13.0. The number of piperidine rings is 1. The van der Waals surface area contributed by atoms with Crippen molar-refractivity contribution in [3.63, 3.8) is 0 Å². The first kappa shape index (κ1) is 23.5. The fourth-order valence-corrected chi connectivity index (χ4v) is 4.66. The van der Waals surface area contributed by atoms with Gasteiger partial charge in [-0.2, -0.15) is 0 Å². The van der Waals surface area contributed by atoms with Gasteiger partial charge in [-0.25, -0.2) is 9.69 Å². The molecule has 0 spiro atoms. The summed E-state index contributed by atoms with van der Waals surface area (Å²) < 4.78 is 10.7. The van der Waals surface area contributed by atoms with Crippen LogP contribution in [0.15, 0.2) is 42.5 Å². The van der Waals surface area contributed by atoms with Gasteiger partial charge in [0.05, 0.1) is 29.0 Å². The van der Waals surface area contributed by atoms with Crippen LogP contribution < -0.4 is 9.64 Å². The molecule has 2 heterocycles. The molecule has 34 heavy (non-hydrogen) atoms. The van der Waals surface area contributed by atoms with Crippen LogP contribution in [0.5, 0.6) is 5.75 Å². The molecular formula is C26H28N2O6. The third kappa shape index (κ3) is 4.40. The molecule has 0 unspecified atom stereocenters. The summed E-state index contributed by atoms with van der Waals surface area (Å²) >= 11 is 0. The van der Waals surface area contributed by atoms with Crippen molar-refractivity contribution in [1.82, 2.24) is 4.90 Å². The highest BCUT2D eigenvalue weighted by Crippen LogP contribution is 2.30. The van der Waals surface area contributed by atoms with Gasteiger partial charge in [-0.3, -0.25) is 14.4 Å². The number of esters is 1. The molecular weight excluding hydrogens is 436 g/mol. The minimum absolute atomic E-state index is 0.104. The molecule has 0 aromatic heterocycles. The summed E-state index contributed by atoms with van der Waals surface area (Å²) in [6, 6.07) is 11.1. The lowest BCUT2D eigenvalue weighted by Gasteiger charge is -2.38. The molecule has 0 N–H and O–H groups in total. The lowest BCUT2D eigenvalue weighted by molar-refractivity contribution is -0.140. The van der Waals surface area contributed by atoms with Gasteiger partial charge in [-0.05, 0) is 82.5 Å². The first-order valence-electron chi connectivity index (χ1n) is 11.6. The number of carbonyl (C=O) groups excluding carboxylic acids is 4. The molecule has 1 saturated heterocycles. The fourth-order valence-electron chi connectivity index (χ4n) is 4.66. The Labute approximate surface area is 198 Å². The summed E-state index contributed by atoms with van der Waals surface area (Å²) in [5.74, 6) is -1.30. The predicted octanol–water partition coefficient (Wildman–Crippen LogP) is 3.83. The zero-order valence-corrected chi connectivity index (χ0v) is 19.6. The van der Waals surface area contributed by atoms with Crippen molar-refractivity contribution in [2.75, 3.05) is 18.1 Å². The molecule has 0 saturated carbocycles. The molecule has 2 aromatic carbocycles. The summed E-state index contributed by atoms with van der Waals surface area (Å²) in [5, 5.41) is 0. The Morgan fingerprint density at radius 1 is 0.941 bits per heavy atom. The number of benzene rings is 2. The average Bonchev–Trinajstić information content (AvgIpc) is 3.07. The van der Waals surface area contributed by atoms with Crippen molar-refractivity contribution in [2.45, 2.75) is 52.1 Å². The van der Waals surface area contributed by atoms with E-state index in [1.165, 1.54) is 18.2 Å². The zero-order chi connectivity index (χ0) is 24.4. The second-order valence-electron chi connectivity index (χ2n) is 8.64. The van der Waals surface area contributed by atoms with Crippen LogP contribution in [0.3, 0.4) is 0 Å². The minimum Gasteiger partial charge on any atom is -0.494 e. The molecule has 0 radical (unpaired) electrons. The highest BCUT2D eigenvalue weighted by atomic mass is 16.5. The van der Waals surface area contributed by atoms with Crippen molar-refractivity contribution < 1.29 is 28.7 Å². The van der Waals surface area contributed by atoms with Crippen molar-refractivity contribution in [3.05, 3.63) is 59.2 Å². The molecule has 4 rings (SSSR count). The van der Waals surface area contributed by atoms with E-state index in [0.29, 0.717) is 18.0 Å². The van der Waals surface area contributed by atoms with Gasteiger partial charge >= 0.3 is 5.97 Å². The molecule has 2 atom stereocenters. The normalized spacial score (nSPS) is 19.7. The second-order valence-corrected chi connectivity index (χ2v) is 8.64. The molecule has 0 bridgehead atoms. The zero-order valence-electron chi connectivity index (χ0n) is 19.6. The Kier molecular flexibility index (Phi) is 6.68. The van der Waals surface area contributed by atoms with E-state index in [-0.39, 0.29) is 41.3 Å². The number of ether oxygens (including phenoxy) is 2. The van der Waals surface area contributed by atoms with Gasteiger partial charge in [0.1, 0.15) is 5.75 Å². The van der Waals surface area contributed by atoms with Crippen LogP contribution >= 0.6 is 0 Å².